The van der Waals surface area contributed by atoms with Gasteiger partial charge >= 0.3 is 0 Å². The van der Waals surface area contributed by atoms with Gasteiger partial charge in [0.15, 0.2) is 11.5 Å². The van der Waals surface area contributed by atoms with E-state index in [0.29, 0.717) is 30.5 Å². The molecule has 3 rings (SSSR count). The third-order valence-corrected chi connectivity index (χ3v) is 7.41. The molecule has 1 aromatic carbocycles. The van der Waals surface area contributed by atoms with E-state index >= 15 is 0 Å². The van der Waals surface area contributed by atoms with Gasteiger partial charge in [-0.2, -0.15) is 4.31 Å². The van der Waals surface area contributed by atoms with Crippen molar-refractivity contribution < 1.29 is 17.9 Å². The minimum absolute atomic E-state index is 0.219. The average Bonchev–Trinajstić information content (AvgIpc) is 2.68. The first-order valence-electron chi connectivity index (χ1n) is 8.71. The average molecular weight is 398 g/mol. The predicted molar refractivity (Wildman–Crippen MR) is 102 cm³/mol. The highest BCUT2D eigenvalue weighted by molar-refractivity contribution is 7.89. The normalized spacial score (nSPS) is 22.1. The zero-order chi connectivity index (χ0) is 18.7. The molecule has 0 spiro atoms. The van der Waals surface area contributed by atoms with E-state index in [4.69, 9.17) is 21.1 Å². The van der Waals surface area contributed by atoms with Crippen molar-refractivity contribution in [3.8, 4) is 11.5 Å². The summed E-state index contributed by atoms with van der Waals surface area (Å²) in [5.41, 5.74) is 0. The zero-order valence-electron chi connectivity index (χ0n) is 15.0. The van der Waals surface area contributed by atoms with Crippen LogP contribution in [0.25, 0.3) is 0 Å². The van der Waals surface area contributed by atoms with Gasteiger partial charge in [0.05, 0.1) is 19.1 Å². The number of halogens is 1. The summed E-state index contributed by atoms with van der Waals surface area (Å²) in [6.07, 6.45) is 8.80. The SMILES string of the molecule is COc1ccc(S(=O)(=O)N2CCC(C3C=CCC=C3Cl)CC2)cc1OC. The summed E-state index contributed by atoms with van der Waals surface area (Å²) in [5, 5.41) is 0.883. The Bertz CT molecular complexity index is 811. The molecule has 26 heavy (non-hydrogen) atoms. The number of allylic oxidation sites excluding steroid dienone is 4. The monoisotopic (exact) mass is 397 g/mol. The fourth-order valence-electron chi connectivity index (χ4n) is 3.62. The predicted octanol–water partition coefficient (Wildman–Crippen LogP) is 3.80. The molecule has 1 heterocycles. The molecule has 0 amide bonds. The molecule has 0 aromatic heterocycles. The van der Waals surface area contributed by atoms with Crippen LogP contribution in [0.3, 0.4) is 0 Å². The minimum Gasteiger partial charge on any atom is -0.493 e. The smallest absolute Gasteiger partial charge is 0.243 e. The van der Waals surface area contributed by atoms with Gasteiger partial charge in [-0.1, -0.05) is 29.8 Å². The number of rotatable bonds is 5. The Morgan fingerprint density at radius 2 is 1.81 bits per heavy atom. The molecule has 5 nitrogen and oxygen atoms in total. The summed E-state index contributed by atoms with van der Waals surface area (Å²) in [4.78, 5) is 0.226. The van der Waals surface area contributed by atoms with Gasteiger partial charge in [-0.25, -0.2) is 8.42 Å². The van der Waals surface area contributed by atoms with Crippen molar-refractivity contribution in [3.05, 3.63) is 41.5 Å². The van der Waals surface area contributed by atoms with Crippen molar-refractivity contribution in [1.82, 2.24) is 4.31 Å². The second kappa shape index (κ2) is 8.03. The molecule has 7 heteroatoms. The maximum Gasteiger partial charge on any atom is 0.243 e. The molecule has 142 valence electrons. The summed E-state index contributed by atoms with van der Waals surface area (Å²) in [6.45, 7) is 0.992. The molecular weight excluding hydrogens is 374 g/mol. The standard InChI is InChI=1S/C19H24ClNO4S/c1-24-18-8-7-15(13-19(18)25-2)26(22,23)21-11-9-14(10-12-21)16-5-3-4-6-17(16)20/h3,5-8,13-14,16H,4,9-12H2,1-2H3. The molecule has 1 aliphatic heterocycles. The topological polar surface area (TPSA) is 55.8 Å². The highest BCUT2D eigenvalue weighted by Gasteiger charge is 2.33. The molecule has 1 saturated heterocycles. The quantitative estimate of drug-likeness (QED) is 0.709. The Labute approximate surface area is 160 Å². The molecule has 1 aliphatic carbocycles. The number of piperidine rings is 1. The highest BCUT2D eigenvalue weighted by atomic mass is 35.5. The largest absolute Gasteiger partial charge is 0.493 e. The molecule has 0 bridgehead atoms. The van der Waals surface area contributed by atoms with E-state index < -0.39 is 10.0 Å². The van der Waals surface area contributed by atoms with E-state index in [9.17, 15) is 8.42 Å². The maximum atomic E-state index is 13.0. The lowest BCUT2D eigenvalue weighted by Crippen LogP contribution is -2.40. The fourth-order valence-corrected chi connectivity index (χ4v) is 5.44. The van der Waals surface area contributed by atoms with Crippen LogP contribution in [0.5, 0.6) is 11.5 Å². The van der Waals surface area contributed by atoms with Crippen LogP contribution in [0.1, 0.15) is 19.3 Å². The van der Waals surface area contributed by atoms with E-state index in [1.807, 2.05) is 6.08 Å². The van der Waals surface area contributed by atoms with Gasteiger partial charge in [0, 0.05) is 30.1 Å². The van der Waals surface area contributed by atoms with Gasteiger partial charge in [-0.15, -0.1) is 0 Å². The van der Waals surface area contributed by atoms with Gasteiger partial charge < -0.3 is 9.47 Å². The first-order valence-corrected chi connectivity index (χ1v) is 10.5. The van der Waals surface area contributed by atoms with E-state index in [-0.39, 0.29) is 10.8 Å². The Morgan fingerprint density at radius 1 is 1.12 bits per heavy atom. The van der Waals surface area contributed by atoms with Crippen LogP contribution < -0.4 is 9.47 Å². The Morgan fingerprint density at radius 3 is 2.42 bits per heavy atom. The first kappa shape index (κ1) is 19.3. The maximum absolute atomic E-state index is 13.0. The zero-order valence-corrected chi connectivity index (χ0v) is 16.6. The number of methoxy groups -OCH3 is 2. The summed E-state index contributed by atoms with van der Waals surface area (Å²) < 4.78 is 37.9. The summed E-state index contributed by atoms with van der Waals surface area (Å²) >= 11 is 6.35. The summed E-state index contributed by atoms with van der Waals surface area (Å²) in [6, 6.07) is 4.70. The lowest BCUT2D eigenvalue weighted by atomic mass is 9.82. The lowest BCUT2D eigenvalue weighted by molar-refractivity contribution is 0.248. The fraction of sp³-hybridized carbons (Fsp3) is 0.474. The van der Waals surface area contributed by atoms with Crippen molar-refractivity contribution in [2.45, 2.75) is 24.2 Å². The summed E-state index contributed by atoms with van der Waals surface area (Å²) in [7, 11) is -0.536. The second-order valence-corrected chi connectivity index (χ2v) is 8.91. The summed E-state index contributed by atoms with van der Waals surface area (Å²) in [5.74, 6) is 1.52. The van der Waals surface area contributed by atoms with Gasteiger partial charge in [-0.3, -0.25) is 0 Å². The molecule has 1 atom stereocenters. The van der Waals surface area contributed by atoms with Crippen LogP contribution in [0.2, 0.25) is 0 Å². The van der Waals surface area contributed by atoms with Crippen LogP contribution >= 0.6 is 11.6 Å². The van der Waals surface area contributed by atoms with Crippen LogP contribution in [0, 0.1) is 11.8 Å². The van der Waals surface area contributed by atoms with Gasteiger partial charge in [0.1, 0.15) is 0 Å². The van der Waals surface area contributed by atoms with Crippen molar-refractivity contribution in [1.29, 1.82) is 0 Å². The molecule has 0 radical (unpaired) electrons. The Balaban J connectivity index is 1.73. The number of hydrogen-bond acceptors (Lipinski definition) is 4. The molecular formula is C19H24ClNO4S. The minimum atomic E-state index is -3.56. The van der Waals surface area contributed by atoms with Crippen molar-refractivity contribution in [2.75, 3.05) is 27.3 Å². The molecule has 1 fully saturated rings. The van der Waals surface area contributed by atoms with Crippen molar-refractivity contribution in [2.24, 2.45) is 11.8 Å². The van der Waals surface area contributed by atoms with Crippen molar-refractivity contribution >= 4 is 21.6 Å². The Hall–Kier alpha value is -1.50. The Kier molecular flexibility index (Phi) is 5.95. The number of benzene rings is 1. The number of ether oxygens (including phenoxy) is 2. The number of nitrogens with zero attached hydrogens (tertiary/aromatic N) is 1. The van der Waals surface area contributed by atoms with Gasteiger partial charge in [0.25, 0.3) is 0 Å². The van der Waals surface area contributed by atoms with E-state index in [1.54, 1.807) is 16.4 Å². The molecule has 0 N–H and O–H groups in total. The molecule has 1 aromatic rings. The molecule has 1 unspecified atom stereocenters. The second-order valence-electron chi connectivity index (χ2n) is 6.54. The van der Waals surface area contributed by atoms with E-state index in [0.717, 1.165) is 24.3 Å². The van der Waals surface area contributed by atoms with Crippen LogP contribution in [-0.4, -0.2) is 40.0 Å². The van der Waals surface area contributed by atoms with Gasteiger partial charge in [-0.05, 0) is 37.3 Å². The van der Waals surface area contributed by atoms with Crippen molar-refractivity contribution in [3.63, 3.8) is 0 Å². The van der Waals surface area contributed by atoms with Gasteiger partial charge in [0.2, 0.25) is 10.0 Å². The van der Waals surface area contributed by atoms with E-state index in [1.165, 1.54) is 20.3 Å². The molecule has 0 saturated carbocycles. The molecule has 2 aliphatic rings. The van der Waals surface area contributed by atoms with Crippen LogP contribution in [0.15, 0.2) is 46.4 Å². The van der Waals surface area contributed by atoms with Crippen LogP contribution in [0.4, 0.5) is 0 Å². The third-order valence-electron chi connectivity index (χ3n) is 5.11. The lowest BCUT2D eigenvalue weighted by Gasteiger charge is -2.35. The number of hydrogen-bond donors (Lipinski definition) is 0. The number of sulfonamides is 1. The highest BCUT2D eigenvalue weighted by Crippen LogP contribution is 2.37. The first-order chi connectivity index (χ1) is 12.5. The third kappa shape index (κ3) is 3.77. The van der Waals surface area contributed by atoms with Crippen LogP contribution in [-0.2, 0) is 10.0 Å². The van der Waals surface area contributed by atoms with E-state index in [2.05, 4.69) is 12.2 Å².